The van der Waals surface area contributed by atoms with Crippen LogP contribution in [0.3, 0.4) is 0 Å². The lowest BCUT2D eigenvalue weighted by Gasteiger charge is -2.27. The smallest absolute Gasteiger partial charge is 0.191 e. The highest BCUT2D eigenvalue weighted by atomic mass is 15.3. The van der Waals surface area contributed by atoms with Crippen molar-refractivity contribution in [1.82, 2.24) is 25.2 Å². The first-order chi connectivity index (χ1) is 13.0. The molecule has 3 rings (SSSR count). The van der Waals surface area contributed by atoms with Gasteiger partial charge in [0.15, 0.2) is 17.4 Å². The van der Waals surface area contributed by atoms with E-state index in [4.69, 9.17) is 0 Å². The van der Waals surface area contributed by atoms with Crippen molar-refractivity contribution in [2.24, 2.45) is 4.99 Å². The number of aliphatic imine (C=N–C) groups is 1. The van der Waals surface area contributed by atoms with E-state index in [1.807, 2.05) is 28.8 Å². The van der Waals surface area contributed by atoms with Crippen molar-refractivity contribution < 1.29 is 0 Å². The van der Waals surface area contributed by atoms with Crippen molar-refractivity contribution >= 4 is 11.6 Å². The van der Waals surface area contributed by atoms with Gasteiger partial charge in [-0.3, -0.25) is 9.39 Å². The van der Waals surface area contributed by atoms with Gasteiger partial charge in [0.2, 0.25) is 0 Å². The second-order valence-corrected chi connectivity index (χ2v) is 7.26. The molecule has 0 amide bonds. The number of benzene rings is 1. The van der Waals surface area contributed by atoms with Crippen molar-refractivity contribution in [1.29, 1.82) is 0 Å². The summed E-state index contributed by atoms with van der Waals surface area (Å²) in [6.07, 6.45) is 3.03. The molecule has 2 heterocycles. The fourth-order valence-electron chi connectivity index (χ4n) is 2.99. The second-order valence-electron chi connectivity index (χ2n) is 7.26. The number of guanidine groups is 1. The van der Waals surface area contributed by atoms with E-state index in [0.29, 0.717) is 6.54 Å². The van der Waals surface area contributed by atoms with Crippen molar-refractivity contribution in [3.8, 4) is 0 Å². The third kappa shape index (κ3) is 4.45. The molecule has 1 aromatic carbocycles. The molecule has 2 aromatic heterocycles. The number of hydrogen-bond donors (Lipinski definition) is 2. The maximum atomic E-state index is 4.33. The monoisotopic (exact) mass is 364 g/mol. The SMILES string of the molecule is CCc1ccc(C(C)(C)CNC(=NC)NCc2nnc3ccccn23)cc1. The molecule has 0 fully saturated rings. The zero-order valence-corrected chi connectivity index (χ0v) is 16.5. The van der Waals surface area contributed by atoms with Gasteiger partial charge in [-0.25, -0.2) is 0 Å². The van der Waals surface area contributed by atoms with Gasteiger partial charge < -0.3 is 10.6 Å². The molecular formula is C21H28N6. The minimum Gasteiger partial charge on any atom is -0.356 e. The van der Waals surface area contributed by atoms with Crippen LogP contribution in [0.5, 0.6) is 0 Å². The van der Waals surface area contributed by atoms with Crippen LogP contribution in [0.2, 0.25) is 0 Å². The summed E-state index contributed by atoms with van der Waals surface area (Å²) in [6, 6.07) is 14.7. The topological polar surface area (TPSA) is 66.6 Å². The quantitative estimate of drug-likeness (QED) is 0.521. The summed E-state index contributed by atoms with van der Waals surface area (Å²) >= 11 is 0. The Morgan fingerprint density at radius 3 is 2.56 bits per heavy atom. The van der Waals surface area contributed by atoms with E-state index in [1.165, 1.54) is 11.1 Å². The van der Waals surface area contributed by atoms with Gasteiger partial charge in [-0.15, -0.1) is 10.2 Å². The molecule has 6 heteroatoms. The highest BCUT2D eigenvalue weighted by Gasteiger charge is 2.21. The summed E-state index contributed by atoms with van der Waals surface area (Å²) in [4.78, 5) is 4.33. The standard InChI is InChI=1S/C21H28N6/c1-5-16-9-11-17(12-10-16)21(2,3)15-24-20(22-4)23-14-19-26-25-18-8-6-7-13-27(18)19/h6-13H,5,14-15H2,1-4H3,(H2,22,23,24). The molecule has 3 aromatic rings. The van der Waals surface area contributed by atoms with Crippen LogP contribution < -0.4 is 10.6 Å². The normalized spacial score (nSPS) is 12.4. The first-order valence-electron chi connectivity index (χ1n) is 9.36. The number of nitrogens with zero attached hydrogens (tertiary/aromatic N) is 4. The Labute approximate surface area is 160 Å². The van der Waals surface area contributed by atoms with E-state index in [1.54, 1.807) is 7.05 Å². The van der Waals surface area contributed by atoms with Gasteiger partial charge in [0.1, 0.15) is 0 Å². The number of aryl methyl sites for hydroxylation is 1. The van der Waals surface area contributed by atoms with Crippen LogP contribution in [0.15, 0.2) is 53.7 Å². The van der Waals surface area contributed by atoms with Gasteiger partial charge in [0.05, 0.1) is 6.54 Å². The third-order valence-electron chi connectivity index (χ3n) is 4.86. The highest BCUT2D eigenvalue weighted by molar-refractivity contribution is 5.79. The molecule has 0 unspecified atom stereocenters. The summed E-state index contributed by atoms with van der Waals surface area (Å²) in [7, 11) is 1.78. The predicted octanol–water partition coefficient (Wildman–Crippen LogP) is 2.93. The summed E-state index contributed by atoms with van der Waals surface area (Å²) in [6.45, 7) is 7.98. The van der Waals surface area contributed by atoms with E-state index < -0.39 is 0 Å². The van der Waals surface area contributed by atoms with Crippen molar-refractivity contribution in [3.05, 3.63) is 65.6 Å². The molecule has 0 aliphatic carbocycles. The first-order valence-corrected chi connectivity index (χ1v) is 9.36. The number of nitrogens with one attached hydrogen (secondary N) is 2. The van der Waals surface area contributed by atoms with Gasteiger partial charge in [-0.05, 0) is 29.7 Å². The molecule has 0 atom stereocenters. The lowest BCUT2D eigenvalue weighted by atomic mass is 9.84. The molecule has 0 saturated carbocycles. The lowest BCUT2D eigenvalue weighted by Crippen LogP contribution is -2.43. The molecule has 0 saturated heterocycles. The van der Waals surface area contributed by atoms with Gasteiger partial charge >= 0.3 is 0 Å². The summed E-state index contributed by atoms with van der Waals surface area (Å²) in [5, 5.41) is 15.2. The summed E-state index contributed by atoms with van der Waals surface area (Å²) in [5.74, 6) is 1.60. The fraction of sp³-hybridized carbons (Fsp3) is 0.381. The first kappa shape index (κ1) is 18.9. The van der Waals surface area contributed by atoms with E-state index in [2.05, 4.69) is 70.9 Å². The molecule has 0 spiro atoms. The molecule has 142 valence electrons. The third-order valence-corrected chi connectivity index (χ3v) is 4.86. The Morgan fingerprint density at radius 2 is 1.85 bits per heavy atom. The number of rotatable bonds is 6. The van der Waals surface area contributed by atoms with Crippen LogP contribution in [0.1, 0.15) is 37.7 Å². The molecule has 0 bridgehead atoms. The van der Waals surface area contributed by atoms with Gasteiger partial charge in [-0.2, -0.15) is 0 Å². The van der Waals surface area contributed by atoms with E-state index in [9.17, 15) is 0 Å². The molecule has 6 nitrogen and oxygen atoms in total. The van der Waals surface area contributed by atoms with Crippen LogP contribution in [0.4, 0.5) is 0 Å². The van der Waals surface area contributed by atoms with E-state index in [-0.39, 0.29) is 5.41 Å². The second kappa shape index (κ2) is 8.20. The maximum absolute atomic E-state index is 4.33. The highest BCUT2D eigenvalue weighted by Crippen LogP contribution is 2.22. The number of hydrogen-bond acceptors (Lipinski definition) is 3. The molecule has 0 radical (unpaired) electrons. The van der Waals surface area contributed by atoms with Crippen LogP contribution in [0.25, 0.3) is 5.65 Å². The Kier molecular flexibility index (Phi) is 5.74. The zero-order chi connectivity index (χ0) is 19.3. The van der Waals surface area contributed by atoms with Crippen molar-refractivity contribution in [2.75, 3.05) is 13.6 Å². The number of aromatic nitrogens is 3. The Balaban J connectivity index is 1.59. The Bertz CT molecular complexity index is 908. The van der Waals surface area contributed by atoms with Crippen molar-refractivity contribution in [3.63, 3.8) is 0 Å². The molecule has 2 N–H and O–H groups in total. The number of pyridine rings is 1. The average molecular weight is 364 g/mol. The number of fused-ring (bicyclic) bond motifs is 1. The minimum absolute atomic E-state index is 0.00848. The molecule has 0 aliphatic heterocycles. The van der Waals surface area contributed by atoms with Crippen LogP contribution in [0, 0.1) is 0 Å². The Morgan fingerprint density at radius 1 is 1.07 bits per heavy atom. The predicted molar refractivity (Wildman–Crippen MR) is 110 cm³/mol. The van der Waals surface area contributed by atoms with Crippen LogP contribution in [-0.4, -0.2) is 34.2 Å². The fourth-order valence-corrected chi connectivity index (χ4v) is 2.99. The molecule has 27 heavy (non-hydrogen) atoms. The molecular weight excluding hydrogens is 336 g/mol. The summed E-state index contributed by atoms with van der Waals surface area (Å²) < 4.78 is 1.97. The minimum atomic E-state index is -0.00848. The molecule has 0 aliphatic rings. The van der Waals surface area contributed by atoms with Gasteiger partial charge in [0.25, 0.3) is 0 Å². The average Bonchev–Trinajstić information content (AvgIpc) is 3.11. The summed E-state index contributed by atoms with van der Waals surface area (Å²) in [5.41, 5.74) is 3.51. The van der Waals surface area contributed by atoms with E-state index >= 15 is 0 Å². The van der Waals surface area contributed by atoms with E-state index in [0.717, 1.165) is 30.4 Å². The largest absolute Gasteiger partial charge is 0.356 e. The lowest BCUT2D eigenvalue weighted by molar-refractivity contribution is 0.508. The van der Waals surface area contributed by atoms with Crippen LogP contribution in [-0.2, 0) is 18.4 Å². The van der Waals surface area contributed by atoms with Crippen molar-refractivity contribution in [2.45, 2.75) is 39.2 Å². The maximum Gasteiger partial charge on any atom is 0.191 e. The van der Waals surface area contributed by atoms with Gasteiger partial charge in [0, 0.05) is 25.2 Å². The zero-order valence-electron chi connectivity index (χ0n) is 16.5. The van der Waals surface area contributed by atoms with Gasteiger partial charge in [-0.1, -0.05) is 51.1 Å². The van der Waals surface area contributed by atoms with Crippen LogP contribution >= 0.6 is 0 Å². The Hall–Kier alpha value is -2.89.